The molecule has 2 aliphatic rings. The summed E-state index contributed by atoms with van der Waals surface area (Å²) in [6, 6.07) is 5.80. The quantitative estimate of drug-likeness (QED) is 0.746. The topological polar surface area (TPSA) is 68.4 Å². The molecule has 29 heavy (non-hydrogen) atoms. The summed E-state index contributed by atoms with van der Waals surface area (Å²) in [5.74, 6) is -0.310. The zero-order valence-corrected chi connectivity index (χ0v) is 16.8. The van der Waals surface area contributed by atoms with E-state index in [1.165, 1.54) is 17.0 Å². The summed E-state index contributed by atoms with van der Waals surface area (Å²) in [6.45, 7) is 4.72. The fraction of sp³-hybridized carbons (Fsp3) is 0.524. The third-order valence-electron chi connectivity index (χ3n) is 5.19. The highest BCUT2D eigenvalue weighted by Gasteiger charge is 2.41. The second kappa shape index (κ2) is 9.24. The number of aromatic nitrogens is 1. The van der Waals surface area contributed by atoms with Crippen LogP contribution in [-0.2, 0) is 11.3 Å². The molecule has 2 aromatic rings. The Hall–Kier alpha value is -2.64. The molecule has 2 heterocycles. The zero-order chi connectivity index (χ0) is 21.0. The third-order valence-corrected chi connectivity index (χ3v) is 5.19. The number of likely N-dealkylation sites (tertiary alicyclic amines) is 1. The maximum absolute atomic E-state index is 14.0. The average Bonchev–Trinajstić information content (AvgIpc) is 3.46. The van der Waals surface area contributed by atoms with Crippen LogP contribution < -0.4 is 5.32 Å². The normalized spacial score (nSPS) is 21.3. The van der Waals surface area contributed by atoms with Gasteiger partial charge in [-0.2, -0.15) is 0 Å². The van der Waals surface area contributed by atoms with Gasteiger partial charge in [-0.05, 0) is 37.1 Å². The predicted octanol–water partition coefficient (Wildman–Crippen LogP) is 3.58. The van der Waals surface area contributed by atoms with E-state index >= 15 is 0 Å². The Morgan fingerprint density at radius 2 is 2.03 bits per heavy atom. The van der Waals surface area contributed by atoms with Crippen LogP contribution in [0.4, 0.5) is 13.6 Å². The van der Waals surface area contributed by atoms with E-state index in [0.29, 0.717) is 13.0 Å². The van der Waals surface area contributed by atoms with Gasteiger partial charge in [-0.25, -0.2) is 13.6 Å². The number of carbonyl (C=O) groups is 2. The van der Waals surface area contributed by atoms with Crippen molar-refractivity contribution in [3.05, 3.63) is 35.8 Å². The summed E-state index contributed by atoms with van der Waals surface area (Å²) < 4.78 is 27.3. The number of rotatable bonds is 5. The van der Waals surface area contributed by atoms with Crippen molar-refractivity contribution < 1.29 is 18.4 Å². The number of carbonyl (C=O) groups excluding carboxylic acids is 2. The molecular weight excluding hydrogens is 378 g/mol. The number of aromatic amines is 1. The SMILES string of the molecule is CC.O=CN1CC(F)CC(N(C(=O)NCc2cc3cc(F)ccc3[nH]2)C2CC2)C1. The number of urea groups is 1. The second-order valence-corrected chi connectivity index (χ2v) is 7.37. The summed E-state index contributed by atoms with van der Waals surface area (Å²) >= 11 is 0. The van der Waals surface area contributed by atoms with Crippen molar-refractivity contribution >= 4 is 23.3 Å². The molecule has 1 aromatic heterocycles. The fourth-order valence-corrected chi connectivity index (χ4v) is 3.84. The Labute approximate surface area is 169 Å². The van der Waals surface area contributed by atoms with Crippen molar-refractivity contribution in [3.63, 3.8) is 0 Å². The molecule has 2 atom stereocenters. The number of alkyl halides is 1. The van der Waals surface area contributed by atoms with Gasteiger partial charge in [0.15, 0.2) is 0 Å². The molecule has 1 aromatic carbocycles. The van der Waals surface area contributed by atoms with E-state index in [9.17, 15) is 18.4 Å². The maximum Gasteiger partial charge on any atom is 0.318 e. The van der Waals surface area contributed by atoms with Crippen LogP contribution in [0.25, 0.3) is 10.9 Å². The molecular formula is C21H28F2N4O2. The number of nitrogens with zero attached hydrogens (tertiary/aromatic N) is 2. The molecule has 2 unspecified atom stereocenters. The van der Waals surface area contributed by atoms with Crippen molar-refractivity contribution in [1.29, 1.82) is 0 Å². The number of halogens is 2. The van der Waals surface area contributed by atoms with Crippen LogP contribution in [0.15, 0.2) is 24.3 Å². The van der Waals surface area contributed by atoms with Crippen molar-refractivity contribution in [2.45, 2.75) is 57.9 Å². The molecule has 0 spiro atoms. The van der Waals surface area contributed by atoms with Crippen LogP contribution in [0.5, 0.6) is 0 Å². The first kappa shape index (κ1) is 21.1. The lowest BCUT2D eigenvalue weighted by Gasteiger charge is -2.39. The summed E-state index contributed by atoms with van der Waals surface area (Å²) in [4.78, 5) is 30.1. The molecule has 0 bridgehead atoms. The molecule has 6 nitrogen and oxygen atoms in total. The molecule has 1 saturated carbocycles. The van der Waals surface area contributed by atoms with Crippen molar-refractivity contribution in [1.82, 2.24) is 20.1 Å². The van der Waals surface area contributed by atoms with Gasteiger partial charge in [0.25, 0.3) is 0 Å². The second-order valence-electron chi connectivity index (χ2n) is 7.37. The number of fused-ring (bicyclic) bond motifs is 1. The van der Waals surface area contributed by atoms with Crippen LogP contribution in [-0.4, -0.2) is 58.6 Å². The molecule has 0 radical (unpaired) electrons. The van der Waals surface area contributed by atoms with E-state index < -0.39 is 6.17 Å². The predicted molar refractivity (Wildman–Crippen MR) is 108 cm³/mol. The van der Waals surface area contributed by atoms with Gasteiger partial charge in [-0.3, -0.25) is 4.79 Å². The first-order chi connectivity index (χ1) is 14.0. The molecule has 1 saturated heterocycles. The summed E-state index contributed by atoms with van der Waals surface area (Å²) in [6.07, 6.45) is 1.57. The molecule has 2 fully saturated rings. The molecule has 8 heteroatoms. The minimum absolute atomic E-state index is 0.0890. The number of benzene rings is 1. The van der Waals surface area contributed by atoms with Gasteiger partial charge in [-0.15, -0.1) is 0 Å². The highest BCUT2D eigenvalue weighted by molar-refractivity contribution is 5.81. The van der Waals surface area contributed by atoms with Gasteiger partial charge in [0.2, 0.25) is 6.41 Å². The number of hydrogen-bond acceptors (Lipinski definition) is 2. The molecule has 158 valence electrons. The van der Waals surface area contributed by atoms with Crippen molar-refractivity contribution in [2.75, 3.05) is 13.1 Å². The summed E-state index contributed by atoms with van der Waals surface area (Å²) in [7, 11) is 0. The minimum Gasteiger partial charge on any atom is -0.357 e. The molecule has 4 rings (SSSR count). The van der Waals surface area contributed by atoms with Crippen LogP contribution >= 0.6 is 0 Å². The molecule has 1 aliphatic carbocycles. The number of piperidine rings is 1. The summed E-state index contributed by atoms with van der Waals surface area (Å²) in [5.41, 5.74) is 1.56. The Morgan fingerprint density at radius 1 is 1.28 bits per heavy atom. The molecule has 2 N–H and O–H groups in total. The van der Waals surface area contributed by atoms with E-state index in [4.69, 9.17) is 0 Å². The average molecular weight is 406 g/mol. The fourth-order valence-electron chi connectivity index (χ4n) is 3.84. The Morgan fingerprint density at radius 3 is 2.72 bits per heavy atom. The zero-order valence-electron chi connectivity index (χ0n) is 16.8. The van der Waals surface area contributed by atoms with Crippen molar-refractivity contribution in [2.24, 2.45) is 0 Å². The van der Waals surface area contributed by atoms with Crippen LogP contribution in [0.3, 0.4) is 0 Å². The summed E-state index contributed by atoms with van der Waals surface area (Å²) in [5, 5.41) is 3.62. The highest BCUT2D eigenvalue weighted by Crippen LogP contribution is 2.32. The van der Waals surface area contributed by atoms with Gasteiger partial charge in [-0.1, -0.05) is 13.8 Å². The monoisotopic (exact) mass is 406 g/mol. The third kappa shape index (κ3) is 5.05. The first-order valence-corrected chi connectivity index (χ1v) is 10.2. The van der Waals surface area contributed by atoms with E-state index in [1.807, 2.05) is 13.8 Å². The Bertz CT molecular complexity index is 852. The lowest BCUT2D eigenvalue weighted by Crippen LogP contribution is -2.56. The van der Waals surface area contributed by atoms with Gasteiger partial charge < -0.3 is 20.1 Å². The highest BCUT2D eigenvalue weighted by atomic mass is 19.1. The Kier molecular flexibility index (Phi) is 6.71. The Balaban J connectivity index is 0.00000117. The van der Waals surface area contributed by atoms with Crippen LogP contribution in [0.2, 0.25) is 0 Å². The minimum atomic E-state index is -1.12. The largest absolute Gasteiger partial charge is 0.357 e. The van der Waals surface area contributed by atoms with E-state index in [2.05, 4.69) is 10.3 Å². The van der Waals surface area contributed by atoms with E-state index in [1.54, 1.807) is 17.0 Å². The van der Waals surface area contributed by atoms with Gasteiger partial charge >= 0.3 is 6.03 Å². The molecule has 1 aliphatic heterocycles. The number of nitrogens with one attached hydrogen (secondary N) is 2. The van der Waals surface area contributed by atoms with E-state index in [-0.39, 0.29) is 43.4 Å². The number of H-pyrrole nitrogens is 1. The standard InChI is InChI=1S/C19H22F2N4O2.C2H6/c20-13-1-4-18-12(5-13)6-15(23-18)8-22-19(27)25(16-2-3-16)17-7-14(21)9-24(10-17)11-26;1-2/h1,4-6,11,14,16-17,23H,2-3,7-10H2,(H,22,27);1-2H3. The van der Waals surface area contributed by atoms with Gasteiger partial charge in [0, 0.05) is 35.6 Å². The van der Waals surface area contributed by atoms with Crippen molar-refractivity contribution in [3.8, 4) is 0 Å². The maximum atomic E-state index is 14.0. The van der Waals surface area contributed by atoms with Crippen LogP contribution in [0, 0.1) is 5.82 Å². The van der Waals surface area contributed by atoms with Gasteiger partial charge in [0.05, 0.1) is 19.1 Å². The number of hydrogen-bond donors (Lipinski definition) is 2. The molecule has 3 amide bonds. The first-order valence-electron chi connectivity index (χ1n) is 10.2. The number of amides is 3. The lowest BCUT2D eigenvalue weighted by atomic mass is 10.0. The smallest absolute Gasteiger partial charge is 0.318 e. The van der Waals surface area contributed by atoms with E-state index in [0.717, 1.165) is 29.4 Å². The lowest BCUT2D eigenvalue weighted by molar-refractivity contribution is -0.121. The van der Waals surface area contributed by atoms with Crippen LogP contribution in [0.1, 0.15) is 38.8 Å². The van der Waals surface area contributed by atoms with Gasteiger partial charge in [0.1, 0.15) is 12.0 Å².